The summed E-state index contributed by atoms with van der Waals surface area (Å²) in [4.78, 5) is 12.7. The maximum Gasteiger partial charge on any atom is 0.303 e. The van der Waals surface area contributed by atoms with E-state index in [1.54, 1.807) is 0 Å². The Bertz CT molecular complexity index is 200. The highest BCUT2D eigenvalue weighted by atomic mass is 16.4. The van der Waals surface area contributed by atoms with Gasteiger partial charge in [0.1, 0.15) is 0 Å². The number of carboxylic acid groups (broad SMARTS) is 1. The van der Waals surface area contributed by atoms with Gasteiger partial charge in [-0.15, -0.1) is 0 Å². The van der Waals surface area contributed by atoms with Crippen LogP contribution in [0.2, 0.25) is 0 Å². The van der Waals surface area contributed by atoms with Crippen molar-refractivity contribution in [3.05, 3.63) is 0 Å². The van der Waals surface area contributed by atoms with Gasteiger partial charge < -0.3 is 10.0 Å². The van der Waals surface area contributed by atoms with Crippen LogP contribution >= 0.6 is 0 Å². The third kappa shape index (κ3) is 6.11. The predicted octanol–water partition coefficient (Wildman–Crippen LogP) is 2.75. The van der Waals surface area contributed by atoms with Gasteiger partial charge in [-0.05, 0) is 45.2 Å². The number of carbonyl (C=O) groups is 1. The third-order valence-corrected chi connectivity index (χ3v) is 3.48. The molecule has 0 aliphatic heterocycles. The topological polar surface area (TPSA) is 40.5 Å². The molecule has 0 saturated heterocycles. The van der Waals surface area contributed by atoms with Gasteiger partial charge in [-0.2, -0.15) is 0 Å². The Morgan fingerprint density at radius 2 is 1.94 bits per heavy atom. The van der Waals surface area contributed by atoms with Crippen molar-refractivity contribution < 1.29 is 9.90 Å². The van der Waals surface area contributed by atoms with Gasteiger partial charge in [0, 0.05) is 13.0 Å². The molecule has 1 N–H and O–H groups in total. The summed E-state index contributed by atoms with van der Waals surface area (Å²) in [7, 11) is 2.16. The van der Waals surface area contributed by atoms with Gasteiger partial charge in [-0.1, -0.05) is 19.3 Å². The van der Waals surface area contributed by atoms with E-state index in [0.29, 0.717) is 6.42 Å². The van der Waals surface area contributed by atoms with E-state index < -0.39 is 5.97 Å². The van der Waals surface area contributed by atoms with Crippen LogP contribution in [-0.2, 0) is 4.79 Å². The molecule has 0 aromatic heterocycles. The van der Waals surface area contributed by atoms with Crippen molar-refractivity contribution in [3.63, 3.8) is 0 Å². The van der Waals surface area contributed by atoms with Crippen molar-refractivity contribution >= 4 is 5.97 Å². The number of unbranched alkanes of at least 4 members (excludes halogenated alkanes) is 1. The van der Waals surface area contributed by atoms with Gasteiger partial charge in [0.2, 0.25) is 0 Å². The Hall–Kier alpha value is -0.570. The number of aliphatic carboxylic acids is 1. The van der Waals surface area contributed by atoms with Gasteiger partial charge in [0.15, 0.2) is 0 Å². The molecule has 0 unspecified atom stereocenters. The number of hydrogen-bond donors (Lipinski definition) is 1. The van der Waals surface area contributed by atoms with Crippen molar-refractivity contribution in [3.8, 4) is 0 Å². The van der Waals surface area contributed by atoms with Crippen molar-refractivity contribution in [1.82, 2.24) is 4.90 Å². The number of rotatable bonds is 7. The molecule has 16 heavy (non-hydrogen) atoms. The zero-order valence-electron chi connectivity index (χ0n) is 10.5. The van der Waals surface area contributed by atoms with Crippen LogP contribution in [0.3, 0.4) is 0 Å². The maximum absolute atomic E-state index is 10.3. The van der Waals surface area contributed by atoms with E-state index >= 15 is 0 Å². The lowest BCUT2D eigenvalue weighted by molar-refractivity contribution is -0.137. The molecule has 0 amide bonds. The summed E-state index contributed by atoms with van der Waals surface area (Å²) in [6.45, 7) is 2.25. The molecule has 0 aromatic carbocycles. The molecule has 1 rings (SSSR count). The minimum absolute atomic E-state index is 0.317. The summed E-state index contributed by atoms with van der Waals surface area (Å²) >= 11 is 0. The van der Waals surface area contributed by atoms with Gasteiger partial charge in [0.05, 0.1) is 0 Å². The molecule has 1 aliphatic carbocycles. The van der Waals surface area contributed by atoms with Crippen molar-refractivity contribution in [1.29, 1.82) is 0 Å². The molecule has 0 bridgehead atoms. The van der Waals surface area contributed by atoms with Gasteiger partial charge in [-0.25, -0.2) is 0 Å². The fourth-order valence-electron chi connectivity index (χ4n) is 2.56. The lowest BCUT2D eigenvalue weighted by atomic mass is 9.89. The summed E-state index contributed by atoms with van der Waals surface area (Å²) in [5.41, 5.74) is 0. The van der Waals surface area contributed by atoms with E-state index in [9.17, 15) is 4.79 Å². The van der Waals surface area contributed by atoms with Gasteiger partial charge >= 0.3 is 5.97 Å². The summed E-state index contributed by atoms with van der Waals surface area (Å²) < 4.78 is 0. The monoisotopic (exact) mass is 227 g/mol. The summed E-state index contributed by atoms with van der Waals surface area (Å²) in [5.74, 6) is 0.216. The smallest absolute Gasteiger partial charge is 0.303 e. The summed E-state index contributed by atoms with van der Waals surface area (Å²) in [6.07, 6.45) is 9.13. The molecule has 3 heteroatoms. The minimum atomic E-state index is -0.671. The molecule has 0 atom stereocenters. The summed E-state index contributed by atoms with van der Waals surface area (Å²) in [6, 6.07) is 0. The third-order valence-electron chi connectivity index (χ3n) is 3.48. The SMILES string of the molecule is CN(CCCCC(=O)O)CC1CCCCC1. The fourth-order valence-corrected chi connectivity index (χ4v) is 2.56. The van der Waals surface area contributed by atoms with Crippen LogP contribution in [0.4, 0.5) is 0 Å². The van der Waals surface area contributed by atoms with Crippen LogP contribution in [0.5, 0.6) is 0 Å². The molecule has 0 aromatic rings. The van der Waals surface area contributed by atoms with Gasteiger partial charge in [0.25, 0.3) is 0 Å². The first-order valence-corrected chi connectivity index (χ1v) is 6.59. The molecule has 1 aliphatic rings. The van der Waals surface area contributed by atoms with Crippen molar-refractivity contribution in [2.24, 2.45) is 5.92 Å². The second-order valence-electron chi connectivity index (χ2n) is 5.12. The molecule has 0 radical (unpaired) electrons. The lowest BCUT2D eigenvalue weighted by Gasteiger charge is -2.26. The maximum atomic E-state index is 10.3. The Kier molecular flexibility index (Phi) is 6.46. The molecule has 0 heterocycles. The molecule has 94 valence electrons. The molecule has 1 saturated carbocycles. The van der Waals surface area contributed by atoms with Crippen molar-refractivity contribution in [2.75, 3.05) is 20.1 Å². The molecular formula is C13H25NO2. The van der Waals surface area contributed by atoms with Crippen LogP contribution in [-0.4, -0.2) is 36.1 Å². The van der Waals surface area contributed by atoms with Crippen LogP contribution in [0.15, 0.2) is 0 Å². The Morgan fingerprint density at radius 3 is 2.56 bits per heavy atom. The standard InChI is InChI=1S/C13H25NO2/c1-14(10-6-5-9-13(15)16)11-12-7-3-2-4-8-12/h12H,2-11H2,1H3,(H,15,16). The van der Waals surface area contributed by atoms with E-state index in [1.807, 2.05) is 0 Å². The Morgan fingerprint density at radius 1 is 1.25 bits per heavy atom. The highest BCUT2D eigenvalue weighted by Gasteiger charge is 2.14. The van der Waals surface area contributed by atoms with Crippen LogP contribution in [0, 0.1) is 5.92 Å². The normalized spacial score (nSPS) is 17.9. The first-order valence-electron chi connectivity index (χ1n) is 6.59. The van der Waals surface area contributed by atoms with E-state index in [0.717, 1.165) is 25.3 Å². The van der Waals surface area contributed by atoms with Crippen LogP contribution < -0.4 is 0 Å². The molecule has 1 fully saturated rings. The van der Waals surface area contributed by atoms with Crippen molar-refractivity contribution in [2.45, 2.75) is 51.4 Å². The highest BCUT2D eigenvalue weighted by Crippen LogP contribution is 2.24. The second-order valence-corrected chi connectivity index (χ2v) is 5.12. The quantitative estimate of drug-likeness (QED) is 0.680. The largest absolute Gasteiger partial charge is 0.481 e. The first kappa shape index (κ1) is 13.5. The molecule has 0 spiro atoms. The average Bonchev–Trinajstić information content (AvgIpc) is 2.25. The van der Waals surface area contributed by atoms with Crippen LogP contribution in [0.25, 0.3) is 0 Å². The Labute approximate surface area is 98.8 Å². The highest BCUT2D eigenvalue weighted by molar-refractivity contribution is 5.66. The average molecular weight is 227 g/mol. The minimum Gasteiger partial charge on any atom is -0.481 e. The first-order chi connectivity index (χ1) is 7.68. The van der Waals surface area contributed by atoms with E-state index in [2.05, 4.69) is 11.9 Å². The van der Waals surface area contributed by atoms with E-state index in [-0.39, 0.29) is 0 Å². The van der Waals surface area contributed by atoms with E-state index in [4.69, 9.17) is 5.11 Å². The number of nitrogens with zero attached hydrogens (tertiary/aromatic N) is 1. The zero-order chi connectivity index (χ0) is 11.8. The molecule has 3 nitrogen and oxygen atoms in total. The second kappa shape index (κ2) is 7.66. The van der Waals surface area contributed by atoms with Crippen LogP contribution in [0.1, 0.15) is 51.4 Å². The zero-order valence-corrected chi connectivity index (χ0v) is 10.5. The fraction of sp³-hybridized carbons (Fsp3) is 0.923. The predicted molar refractivity (Wildman–Crippen MR) is 65.6 cm³/mol. The Balaban J connectivity index is 2.01. The summed E-state index contributed by atoms with van der Waals surface area (Å²) in [5, 5.41) is 8.53. The van der Waals surface area contributed by atoms with E-state index in [1.165, 1.54) is 38.6 Å². The number of carboxylic acids is 1. The van der Waals surface area contributed by atoms with Gasteiger partial charge in [-0.3, -0.25) is 4.79 Å². The lowest BCUT2D eigenvalue weighted by Crippen LogP contribution is -2.28. The number of hydrogen-bond acceptors (Lipinski definition) is 2. The molecular weight excluding hydrogens is 202 g/mol.